The molecule has 18 heavy (non-hydrogen) atoms. The van der Waals surface area contributed by atoms with Crippen molar-refractivity contribution in [1.82, 2.24) is 9.80 Å². The molecule has 0 N–H and O–H groups in total. The van der Waals surface area contributed by atoms with Crippen LogP contribution in [0.15, 0.2) is 0 Å². The fourth-order valence-electron chi connectivity index (χ4n) is 3.44. The Labute approximate surface area is 112 Å². The van der Waals surface area contributed by atoms with Crippen LogP contribution in [0.25, 0.3) is 0 Å². The SMILES string of the molecule is CCCC(CC)C(=O)N1CC2(CCN(C)CC2)C1. The molecule has 3 nitrogen and oxygen atoms in total. The molecule has 2 fully saturated rings. The van der Waals surface area contributed by atoms with E-state index in [9.17, 15) is 4.79 Å². The number of amides is 1. The van der Waals surface area contributed by atoms with Gasteiger partial charge in [0.2, 0.25) is 5.91 Å². The average molecular weight is 252 g/mol. The zero-order valence-corrected chi connectivity index (χ0v) is 12.2. The first-order chi connectivity index (χ1) is 8.60. The van der Waals surface area contributed by atoms with Crippen molar-refractivity contribution in [3.63, 3.8) is 0 Å². The third-order valence-corrected chi connectivity index (χ3v) is 4.89. The lowest BCUT2D eigenvalue weighted by Crippen LogP contribution is -2.62. The maximum atomic E-state index is 12.4. The number of piperidine rings is 1. The van der Waals surface area contributed by atoms with Gasteiger partial charge in [-0.3, -0.25) is 4.79 Å². The third kappa shape index (κ3) is 2.71. The van der Waals surface area contributed by atoms with Crippen LogP contribution in [0.5, 0.6) is 0 Å². The van der Waals surface area contributed by atoms with Gasteiger partial charge in [0.05, 0.1) is 0 Å². The molecular weight excluding hydrogens is 224 g/mol. The summed E-state index contributed by atoms with van der Waals surface area (Å²) in [5.41, 5.74) is 0.479. The van der Waals surface area contributed by atoms with Crippen molar-refractivity contribution in [3.05, 3.63) is 0 Å². The first-order valence-corrected chi connectivity index (χ1v) is 7.57. The Hall–Kier alpha value is -0.570. The Kier molecular flexibility index (Phi) is 4.31. The van der Waals surface area contributed by atoms with Gasteiger partial charge in [-0.15, -0.1) is 0 Å². The summed E-state index contributed by atoms with van der Waals surface area (Å²) in [5, 5.41) is 0. The van der Waals surface area contributed by atoms with E-state index in [0.29, 0.717) is 11.3 Å². The molecule has 2 heterocycles. The van der Waals surface area contributed by atoms with Gasteiger partial charge in [-0.25, -0.2) is 0 Å². The highest BCUT2D eigenvalue weighted by molar-refractivity contribution is 5.79. The first-order valence-electron chi connectivity index (χ1n) is 7.57. The summed E-state index contributed by atoms with van der Waals surface area (Å²) in [5.74, 6) is 0.697. The van der Waals surface area contributed by atoms with Gasteiger partial charge in [0, 0.05) is 24.4 Å². The van der Waals surface area contributed by atoms with Crippen LogP contribution < -0.4 is 0 Å². The van der Waals surface area contributed by atoms with E-state index in [-0.39, 0.29) is 5.92 Å². The van der Waals surface area contributed by atoms with Crippen LogP contribution in [0.4, 0.5) is 0 Å². The molecule has 1 amide bonds. The molecule has 1 unspecified atom stereocenters. The summed E-state index contributed by atoms with van der Waals surface area (Å²) in [6.07, 6.45) is 5.73. The Balaban J connectivity index is 1.82. The predicted octanol–water partition coefficient (Wildman–Crippen LogP) is 2.37. The Morgan fingerprint density at radius 1 is 1.22 bits per heavy atom. The molecule has 0 bridgehead atoms. The van der Waals surface area contributed by atoms with Crippen molar-refractivity contribution in [3.8, 4) is 0 Å². The van der Waals surface area contributed by atoms with E-state index >= 15 is 0 Å². The number of rotatable bonds is 4. The second-order valence-electron chi connectivity index (χ2n) is 6.39. The predicted molar refractivity (Wildman–Crippen MR) is 74.4 cm³/mol. The van der Waals surface area contributed by atoms with E-state index in [2.05, 4.69) is 30.7 Å². The number of likely N-dealkylation sites (tertiary alicyclic amines) is 2. The summed E-state index contributed by atoms with van der Waals surface area (Å²) < 4.78 is 0. The number of carbonyl (C=O) groups excluding carboxylic acids is 1. The highest BCUT2D eigenvalue weighted by Gasteiger charge is 2.46. The standard InChI is InChI=1S/C15H28N2O/c1-4-6-13(5-2)14(18)17-11-15(12-17)7-9-16(3)10-8-15/h13H,4-12H2,1-3H3. The van der Waals surface area contributed by atoms with E-state index in [1.54, 1.807) is 0 Å². The van der Waals surface area contributed by atoms with Gasteiger partial charge in [0.25, 0.3) is 0 Å². The van der Waals surface area contributed by atoms with Gasteiger partial charge in [-0.1, -0.05) is 20.3 Å². The fraction of sp³-hybridized carbons (Fsp3) is 0.933. The maximum absolute atomic E-state index is 12.4. The molecule has 2 rings (SSSR count). The van der Waals surface area contributed by atoms with Crippen molar-refractivity contribution < 1.29 is 4.79 Å². The fourth-order valence-corrected chi connectivity index (χ4v) is 3.44. The maximum Gasteiger partial charge on any atom is 0.225 e. The van der Waals surface area contributed by atoms with Crippen LogP contribution >= 0.6 is 0 Å². The van der Waals surface area contributed by atoms with E-state index < -0.39 is 0 Å². The number of hydrogen-bond donors (Lipinski definition) is 0. The van der Waals surface area contributed by atoms with Gasteiger partial charge >= 0.3 is 0 Å². The molecule has 1 spiro atoms. The van der Waals surface area contributed by atoms with Gasteiger partial charge in [-0.05, 0) is 45.8 Å². The minimum absolute atomic E-state index is 0.276. The van der Waals surface area contributed by atoms with Gasteiger partial charge < -0.3 is 9.80 Å². The second kappa shape index (κ2) is 5.60. The van der Waals surface area contributed by atoms with Gasteiger partial charge in [0.15, 0.2) is 0 Å². The first kappa shape index (κ1) is 13.9. The molecule has 3 heteroatoms. The van der Waals surface area contributed by atoms with E-state index in [1.807, 2.05) is 0 Å². The summed E-state index contributed by atoms with van der Waals surface area (Å²) in [6.45, 7) is 8.77. The summed E-state index contributed by atoms with van der Waals surface area (Å²) in [6, 6.07) is 0. The Morgan fingerprint density at radius 3 is 2.33 bits per heavy atom. The van der Waals surface area contributed by atoms with E-state index in [4.69, 9.17) is 0 Å². The molecule has 0 aromatic heterocycles. The normalized spacial score (nSPS) is 24.9. The van der Waals surface area contributed by atoms with Crippen LogP contribution in [0.3, 0.4) is 0 Å². The summed E-state index contributed by atoms with van der Waals surface area (Å²) in [4.78, 5) is 16.9. The molecule has 0 saturated carbocycles. The lowest BCUT2D eigenvalue weighted by molar-refractivity contribution is -0.151. The zero-order valence-electron chi connectivity index (χ0n) is 12.2. The third-order valence-electron chi connectivity index (χ3n) is 4.89. The highest BCUT2D eigenvalue weighted by Crippen LogP contribution is 2.41. The van der Waals surface area contributed by atoms with Crippen LogP contribution in [0, 0.1) is 11.3 Å². The van der Waals surface area contributed by atoms with Gasteiger partial charge in [0.1, 0.15) is 0 Å². The van der Waals surface area contributed by atoms with Crippen LogP contribution in [-0.4, -0.2) is 48.9 Å². The molecule has 0 aromatic carbocycles. The van der Waals surface area contributed by atoms with Crippen molar-refractivity contribution in [1.29, 1.82) is 0 Å². The smallest absolute Gasteiger partial charge is 0.225 e. The van der Waals surface area contributed by atoms with Crippen molar-refractivity contribution in [2.45, 2.75) is 46.0 Å². The lowest BCUT2D eigenvalue weighted by atomic mass is 9.71. The van der Waals surface area contributed by atoms with Crippen LogP contribution in [-0.2, 0) is 4.79 Å². The number of hydrogen-bond acceptors (Lipinski definition) is 2. The second-order valence-corrected chi connectivity index (χ2v) is 6.39. The number of nitrogens with zero attached hydrogens (tertiary/aromatic N) is 2. The van der Waals surface area contributed by atoms with E-state index in [0.717, 1.165) is 32.4 Å². The Bertz CT molecular complexity index is 287. The Morgan fingerprint density at radius 2 is 1.83 bits per heavy atom. The quantitative estimate of drug-likeness (QED) is 0.767. The molecule has 2 aliphatic heterocycles. The molecule has 2 saturated heterocycles. The average Bonchev–Trinajstić information content (AvgIpc) is 2.34. The minimum atomic E-state index is 0.276. The van der Waals surface area contributed by atoms with Crippen molar-refractivity contribution >= 4 is 5.91 Å². The number of carbonyl (C=O) groups is 1. The molecule has 2 aliphatic rings. The molecule has 0 aromatic rings. The van der Waals surface area contributed by atoms with Crippen molar-refractivity contribution in [2.24, 2.45) is 11.3 Å². The molecule has 1 atom stereocenters. The molecule has 0 aliphatic carbocycles. The minimum Gasteiger partial charge on any atom is -0.341 e. The monoisotopic (exact) mass is 252 g/mol. The topological polar surface area (TPSA) is 23.6 Å². The van der Waals surface area contributed by atoms with Crippen molar-refractivity contribution in [2.75, 3.05) is 33.2 Å². The van der Waals surface area contributed by atoms with Crippen LogP contribution in [0.1, 0.15) is 46.0 Å². The van der Waals surface area contributed by atoms with Gasteiger partial charge in [-0.2, -0.15) is 0 Å². The summed E-state index contributed by atoms with van der Waals surface area (Å²) >= 11 is 0. The molecule has 0 radical (unpaired) electrons. The summed E-state index contributed by atoms with van der Waals surface area (Å²) in [7, 11) is 2.20. The highest BCUT2D eigenvalue weighted by atomic mass is 16.2. The molecule has 104 valence electrons. The zero-order chi connectivity index (χ0) is 13.2. The van der Waals surface area contributed by atoms with Crippen LogP contribution in [0.2, 0.25) is 0 Å². The van der Waals surface area contributed by atoms with E-state index in [1.165, 1.54) is 25.9 Å². The largest absolute Gasteiger partial charge is 0.341 e. The molecular formula is C15H28N2O. The lowest BCUT2D eigenvalue weighted by Gasteiger charge is -2.54.